The number of carbonyl (C=O) groups is 2. The maximum atomic E-state index is 14.2. The molecule has 1 N–H and O–H groups in total. The predicted molar refractivity (Wildman–Crippen MR) is 81.6 cm³/mol. The van der Waals surface area contributed by atoms with Crippen molar-refractivity contribution in [3.8, 4) is 10.6 Å². The SMILES string of the molecule is CC(=O)NC[C@H]1CN(c2ccc(-c3nncs3)c(F)c2)C(=O)O1. The third-order valence-corrected chi connectivity index (χ3v) is 4.03. The third-order valence-electron chi connectivity index (χ3n) is 3.31. The summed E-state index contributed by atoms with van der Waals surface area (Å²) in [7, 11) is 0. The van der Waals surface area contributed by atoms with E-state index in [2.05, 4.69) is 15.5 Å². The molecule has 1 aliphatic heterocycles. The molecule has 120 valence electrons. The predicted octanol–water partition coefficient (Wildman–Crippen LogP) is 1.81. The summed E-state index contributed by atoms with van der Waals surface area (Å²) in [5, 5.41) is 10.6. The largest absolute Gasteiger partial charge is 0.442 e. The van der Waals surface area contributed by atoms with Gasteiger partial charge in [0.1, 0.15) is 22.4 Å². The summed E-state index contributed by atoms with van der Waals surface area (Å²) in [4.78, 5) is 24.1. The fraction of sp³-hybridized carbons (Fsp3) is 0.286. The molecule has 0 radical (unpaired) electrons. The summed E-state index contributed by atoms with van der Waals surface area (Å²) < 4.78 is 19.4. The first-order valence-corrected chi connectivity index (χ1v) is 7.71. The van der Waals surface area contributed by atoms with Crippen LogP contribution in [0.25, 0.3) is 10.6 Å². The van der Waals surface area contributed by atoms with Crippen LogP contribution in [0, 0.1) is 5.82 Å². The van der Waals surface area contributed by atoms with Gasteiger partial charge in [-0.05, 0) is 18.2 Å². The highest BCUT2D eigenvalue weighted by Gasteiger charge is 2.32. The monoisotopic (exact) mass is 336 g/mol. The van der Waals surface area contributed by atoms with E-state index in [0.717, 1.165) is 0 Å². The van der Waals surface area contributed by atoms with Gasteiger partial charge in [0.05, 0.1) is 18.8 Å². The van der Waals surface area contributed by atoms with Gasteiger partial charge in [0.15, 0.2) is 0 Å². The topological polar surface area (TPSA) is 84.4 Å². The van der Waals surface area contributed by atoms with Crippen LogP contribution < -0.4 is 10.2 Å². The third kappa shape index (κ3) is 3.29. The Morgan fingerprint density at radius 1 is 1.57 bits per heavy atom. The first kappa shape index (κ1) is 15.3. The molecule has 7 nitrogen and oxygen atoms in total. The summed E-state index contributed by atoms with van der Waals surface area (Å²) in [6.45, 7) is 1.86. The lowest BCUT2D eigenvalue weighted by molar-refractivity contribution is -0.119. The second-order valence-corrected chi connectivity index (χ2v) is 5.79. The van der Waals surface area contributed by atoms with E-state index in [1.54, 1.807) is 12.1 Å². The van der Waals surface area contributed by atoms with Crippen LogP contribution in [0.4, 0.5) is 14.9 Å². The van der Waals surface area contributed by atoms with Crippen LogP contribution in [-0.2, 0) is 9.53 Å². The van der Waals surface area contributed by atoms with Gasteiger partial charge in [-0.3, -0.25) is 9.69 Å². The Morgan fingerprint density at radius 3 is 3.04 bits per heavy atom. The summed E-state index contributed by atoms with van der Waals surface area (Å²) in [5.74, 6) is -0.690. The van der Waals surface area contributed by atoms with Gasteiger partial charge in [0.2, 0.25) is 5.91 Å². The molecule has 2 amide bonds. The van der Waals surface area contributed by atoms with E-state index < -0.39 is 18.0 Å². The lowest BCUT2D eigenvalue weighted by atomic mass is 10.2. The molecule has 3 rings (SSSR count). The van der Waals surface area contributed by atoms with E-state index in [0.29, 0.717) is 16.3 Å². The van der Waals surface area contributed by atoms with Crippen molar-refractivity contribution in [1.82, 2.24) is 15.5 Å². The van der Waals surface area contributed by atoms with Crippen LogP contribution in [0.5, 0.6) is 0 Å². The molecule has 0 unspecified atom stereocenters. The molecule has 1 fully saturated rings. The van der Waals surface area contributed by atoms with Gasteiger partial charge in [0.25, 0.3) is 0 Å². The molecule has 0 bridgehead atoms. The minimum atomic E-state index is -0.566. The Hall–Kier alpha value is -2.55. The number of hydrogen-bond acceptors (Lipinski definition) is 6. The number of rotatable bonds is 4. The van der Waals surface area contributed by atoms with Crippen LogP contribution in [0.3, 0.4) is 0 Å². The van der Waals surface area contributed by atoms with Crippen molar-refractivity contribution < 1.29 is 18.7 Å². The van der Waals surface area contributed by atoms with E-state index in [-0.39, 0.29) is 19.0 Å². The molecule has 1 aromatic carbocycles. The standard InChI is InChI=1S/C14H13FN4O3S/c1-8(20)16-5-10-6-19(14(21)22-10)9-2-3-11(12(15)4-9)13-18-17-7-23-13/h2-4,7,10H,5-6H2,1H3,(H,16,20)/t10-/m0/s1. The van der Waals surface area contributed by atoms with Crippen molar-refractivity contribution in [1.29, 1.82) is 0 Å². The van der Waals surface area contributed by atoms with Crippen molar-refractivity contribution in [3.63, 3.8) is 0 Å². The minimum Gasteiger partial charge on any atom is -0.442 e. The molecular weight excluding hydrogens is 323 g/mol. The van der Waals surface area contributed by atoms with Gasteiger partial charge in [-0.15, -0.1) is 10.2 Å². The van der Waals surface area contributed by atoms with Crippen LogP contribution in [-0.4, -0.2) is 41.4 Å². The van der Waals surface area contributed by atoms with Gasteiger partial charge in [-0.1, -0.05) is 11.3 Å². The number of ether oxygens (including phenoxy) is 1. The fourth-order valence-electron chi connectivity index (χ4n) is 2.23. The van der Waals surface area contributed by atoms with Gasteiger partial charge < -0.3 is 10.1 Å². The molecule has 1 aromatic heterocycles. The lowest BCUT2D eigenvalue weighted by Gasteiger charge is -2.14. The molecule has 0 saturated carbocycles. The zero-order valence-corrected chi connectivity index (χ0v) is 13.0. The van der Waals surface area contributed by atoms with E-state index >= 15 is 0 Å². The van der Waals surface area contributed by atoms with Crippen LogP contribution in [0.1, 0.15) is 6.92 Å². The van der Waals surface area contributed by atoms with Crippen LogP contribution in [0.15, 0.2) is 23.7 Å². The summed E-state index contributed by atoms with van der Waals surface area (Å²) >= 11 is 1.23. The van der Waals surface area contributed by atoms with Crippen molar-refractivity contribution in [2.75, 3.05) is 18.0 Å². The molecule has 1 saturated heterocycles. The Labute approximate surface area is 135 Å². The van der Waals surface area contributed by atoms with Gasteiger partial charge >= 0.3 is 6.09 Å². The maximum absolute atomic E-state index is 14.2. The quantitative estimate of drug-likeness (QED) is 0.920. The highest BCUT2D eigenvalue weighted by Crippen LogP contribution is 2.29. The average Bonchev–Trinajstić information content (AvgIpc) is 3.14. The number of carbonyl (C=O) groups excluding carboxylic acids is 2. The van der Waals surface area contributed by atoms with Crippen molar-refractivity contribution >= 4 is 29.0 Å². The fourth-order valence-corrected chi connectivity index (χ4v) is 2.81. The van der Waals surface area contributed by atoms with Gasteiger partial charge in [-0.25, -0.2) is 9.18 Å². The molecule has 0 spiro atoms. The summed E-state index contributed by atoms with van der Waals surface area (Å²) in [6.07, 6.45) is -1.03. The Morgan fingerprint density at radius 2 is 2.39 bits per heavy atom. The number of cyclic esters (lactones) is 1. The first-order chi connectivity index (χ1) is 11.0. The Balaban J connectivity index is 1.76. The number of benzene rings is 1. The minimum absolute atomic E-state index is 0.202. The number of nitrogens with one attached hydrogen (secondary N) is 1. The summed E-state index contributed by atoms with van der Waals surface area (Å²) in [5.41, 5.74) is 2.25. The maximum Gasteiger partial charge on any atom is 0.414 e. The normalized spacial score (nSPS) is 17.2. The Kier molecular flexibility index (Phi) is 4.20. The molecule has 1 atom stereocenters. The van der Waals surface area contributed by atoms with Gasteiger partial charge in [-0.2, -0.15) is 0 Å². The second kappa shape index (κ2) is 6.29. The lowest BCUT2D eigenvalue weighted by Crippen LogP contribution is -2.33. The number of nitrogens with zero attached hydrogens (tertiary/aromatic N) is 3. The van der Waals surface area contributed by atoms with Gasteiger partial charge in [0, 0.05) is 12.5 Å². The highest BCUT2D eigenvalue weighted by molar-refractivity contribution is 7.12. The molecule has 1 aliphatic rings. The molecule has 0 aliphatic carbocycles. The molecule has 23 heavy (non-hydrogen) atoms. The molecular formula is C14H13FN4O3S. The number of aromatic nitrogens is 2. The zero-order valence-electron chi connectivity index (χ0n) is 12.2. The van der Waals surface area contributed by atoms with E-state index in [4.69, 9.17) is 4.74 Å². The second-order valence-electron chi connectivity index (χ2n) is 4.96. The number of hydrogen-bond donors (Lipinski definition) is 1. The van der Waals surface area contributed by atoms with Crippen molar-refractivity contribution in [3.05, 3.63) is 29.5 Å². The average molecular weight is 336 g/mol. The molecule has 2 heterocycles. The van der Waals surface area contributed by atoms with E-state index in [1.807, 2.05) is 0 Å². The van der Waals surface area contributed by atoms with Crippen molar-refractivity contribution in [2.24, 2.45) is 0 Å². The number of halogens is 1. The smallest absolute Gasteiger partial charge is 0.414 e. The first-order valence-electron chi connectivity index (χ1n) is 6.83. The van der Waals surface area contributed by atoms with E-state index in [9.17, 15) is 14.0 Å². The summed E-state index contributed by atoms with van der Waals surface area (Å²) in [6, 6.07) is 4.44. The Bertz CT molecular complexity index is 738. The highest BCUT2D eigenvalue weighted by atomic mass is 32.1. The van der Waals surface area contributed by atoms with Crippen LogP contribution >= 0.6 is 11.3 Å². The van der Waals surface area contributed by atoms with Crippen molar-refractivity contribution in [2.45, 2.75) is 13.0 Å². The zero-order chi connectivity index (χ0) is 16.4. The van der Waals surface area contributed by atoms with Crippen LogP contribution in [0.2, 0.25) is 0 Å². The molecule has 2 aromatic rings. The number of amides is 2. The van der Waals surface area contributed by atoms with E-state index in [1.165, 1.54) is 34.7 Å². The molecule has 9 heteroatoms. The number of anilines is 1.